The maximum absolute atomic E-state index is 12.1. The van der Waals surface area contributed by atoms with Crippen LogP contribution in [0.3, 0.4) is 0 Å². The van der Waals surface area contributed by atoms with Gasteiger partial charge in [0.15, 0.2) is 0 Å². The number of rotatable bonds is 4. The fourth-order valence-electron chi connectivity index (χ4n) is 1.73. The predicted molar refractivity (Wildman–Crippen MR) is 79.5 cm³/mol. The van der Waals surface area contributed by atoms with E-state index in [0.717, 1.165) is 0 Å². The number of anilines is 2. The molecule has 2 N–H and O–H groups in total. The van der Waals surface area contributed by atoms with Crippen LogP contribution >= 0.6 is 0 Å². The van der Waals surface area contributed by atoms with E-state index in [1.807, 2.05) is 0 Å². The molecule has 0 fully saturated rings. The predicted octanol–water partition coefficient (Wildman–Crippen LogP) is 2.30. The van der Waals surface area contributed by atoms with Crippen LogP contribution in [0, 0.1) is 0 Å². The van der Waals surface area contributed by atoms with E-state index in [9.17, 15) is 9.59 Å². The zero-order valence-electron chi connectivity index (χ0n) is 11.7. The number of methoxy groups -OCH3 is 1. The minimum absolute atomic E-state index is 0.173. The van der Waals surface area contributed by atoms with Gasteiger partial charge in [-0.3, -0.25) is 9.59 Å². The smallest absolute Gasteiger partial charge is 0.274 e. The molecule has 2 aromatic rings. The molecule has 0 saturated heterocycles. The van der Waals surface area contributed by atoms with E-state index in [0.29, 0.717) is 17.3 Å². The first-order chi connectivity index (χ1) is 10.1. The fraction of sp³-hybridized carbons (Fsp3) is 0.133. The number of hydrogen-bond donors (Lipinski definition) is 2. The summed E-state index contributed by atoms with van der Waals surface area (Å²) in [7, 11) is 1.49. The maximum Gasteiger partial charge on any atom is 0.274 e. The van der Waals surface area contributed by atoms with Crippen LogP contribution in [0.2, 0.25) is 0 Å². The molecule has 2 rings (SSSR count). The fourth-order valence-corrected chi connectivity index (χ4v) is 1.73. The molecule has 6 heteroatoms. The minimum atomic E-state index is -0.353. The molecular formula is C15H15N3O3. The van der Waals surface area contributed by atoms with Crippen molar-refractivity contribution in [3.05, 3.63) is 48.2 Å². The second-order valence-corrected chi connectivity index (χ2v) is 4.28. The Morgan fingerprint density at radius 3 is 2.38 bits per heavy atom. The molecular weight excluding hydrogens is 270 g/mol. The van der Waals surface area contributed by atoms with E-state index >= 15 is 0 Å². The van der Waals surface area contributed by atoms with Crippen LogP contribution in [-0.2, 0) is 4.79 Å². The molecule has 0 spiro atoms. The Balaban J connectivity index is 2.13. The molecule has 0 aliphatic carbocycles. The largest absolute Gasteiger partial charge is 0.481 e. The molecule has 21 heavy (non-hydrogen) atoms. The first kappa shape index (κ1) is 14.5. The third-order valence-electron chi connectivity index (χ3n) is 2.61. The van der Waals surface area contributed by atoms with Gasteiger partial charge >= 0.3 is 0 Å². The Hall–Kier alpha value is -2.89. The van der Waals surface area contributed by atoms with E-state index in [1.165, 1.54) is 14.0 Å². The van der Waals surface area contributed by atoms with Crippen LogP contribution < -0.4 is 15.4 Å². The molecule has 0 saturated carbocycles. The van der Waals surface area contributed by atoms with Gasteiger partial charge in [0.05, 0.1) is 7.11 Å². The van der Waals surface area contributed by atoms with Crippen LogP contribution in [0.5, 0.6) is 5.88 Å². The number of amides is 2. The number of aromatic nitrogens is 1. The molecule has 108 valence electrons. The lowest BCUT2D eigenvalue weighted by Gasteiger charge is -2.08. The van der Waals surface area contributed by atoms with E-state index in [4.69, 9.17) is 4.74 Å². The monoisotopic (exact) mass is 285 g/mol. The number of nitrogens with zero attached hydrogens (tertiary/aromatic N) is 1. The van der Waals surface area contributed by atoms with Gasteiger partial charge in [0.25, 0.3) is 5.91 Å². The van der Waals surface area contributed by atoms with Gasteiger partial charge in [-0.1, -0.05) is 12.1 Å². The molecule has 0 aliphatic rings. The van der Waals surface area contributed by atoms with Crippen molar-refractivity contribution in [2.45, 2.75) is 6.92 Å². The van der Waals surface area contributed by atoms with Crippen LogP contribution in [0.15, 0.2) is 42.5 Å². The van der Waals surface area contributed by atoms with Crippen molar-refractivity contribution in [1.82, 2.24) is 4.98 Å². The third kappa shape index (κ3) is 4.04. The summed E-state index contributed by atoms with van der Waals surface area (Å²) in [5.41, 5.74) is 1.43. The Morgan fingerprint density at radius 2 is 1.71 bits per heavy atom. The SMILES string of the molecule is COc1cccc(C(=O)Nc2cccc(NC(C)=O)c2)n1. The Kier molecular flexibility index (Phi) is 4.50. The summed E-state index contributed by atoms with van der Waals surface area (Å²) in [4.78, 5) is 27.2. The standard InChI is InChI=1S/C15H15N3O3/c1-10(19)16-11-5-3-6-12(9-11)17-15(20)13-7-4-8-14(18-13)21-2/h3-9H,1-2H3,(H,16,19)(H,17,20). The molecule has 0 unspecified atom stereocenters. The molecule has 2 amide bonds. The van der Waals surface area contributed by atoms with E-state index in [-0.39, 0.29) is 17.5 Å². The molecule has 0 atom stereocenters. The number of carbonyl (C=O) groups is 2. The Labute approximate surface area is 122 Å². The molecule has 0 bridgehead atoms. The van der Waals surface area contributed by atoms with Crippen LogP contribution in [0.25, 0.3) is 0 Å². The van der Waals surface area contributed by atoms with Crippen molar-refractivity contribution in [3.8, 4) is 5.88 Å². The number of hydrogen-bond acceptors (Lipinski definition) is 4. The summed E-state index contributed by atoms with van der Waals surface area (Å²) in [5.74, 6) is -0.156. The highest BCUT2D eigenvalue weighted by Gasteiger charge is 2.09. The van der Waals surface area contributed by atoms with E-state index in [2.05, 4.69) is 15.6 Å². The summed E-state index contributed by atoms with van der Waals surface area (Å²) >= 11 is 0. The Morgan fingerprint density at radius 1 is 1.05 bits per heavy atom. The van der Waals surface area contributed by atoms with Gasteiger partial charge in [-0.2, -0.15) is 0 Å². The van der Waals surface area contributed by atoms with Crippen molar-refractivity contribution < 1.29 is 14.3 Å². The number of pyridine rings is 1. The number of benzene rings is 1. The van der Waals surface area contributed by atoms with E-state index < -0.39 is 0 Å². The average Bonchev–Trinajstić information content (AvgIpc) is 2.47. The van der Waals surface area contributed by atoms with Crippen LogP contribution in [0.4, 0.5) is 11.4 Å². The number of ether oxygens (including phenoxy) is 1. The molecule has 0 radical (unpaired) electrons. The van der Waals surface area contributed by atoms with Crippen molar-refractivity contribution in [3.63, 3.8) is 0 Å². The summed E-state index contributed by atoms with van der Waals surface area (Å²) in [6.07, 6.45) is 0. The maximum atomic E-state index is 12.1. The summed E-state index contributed by atoms with van der Waals surface area (Å²) in [6, 6.07) is 11.8. The van der Waals surface area contributed by atoms with Crippen molar-refractivity contribution in [2.24, 2.45) is 0 Å². The number of nitrogens with one attached hydrogen (secondary N) is 2. The highest BCUT2D eigenvalue weighted by atomic mass is 16.5. The average molecular weight is 285 g/mol. The minimum Gasteiger partial charge on any atom is -0.481 e. The van der Waals surface area contributed by atoms with Crippen molar-refractivity contribution in [2.75, 3.05) is 17.7 Å². The van der Waals surface area contributed by atoms with Gasteiger partial charge in [-0.25, -0.2) is 4.98 Å². The quantitative estimate of drug-likeness (QED) is 0.903. The summed E-state index contributed by atoms with van der Waals surface area (Å²) in [5, 5.41) is 5.37. The highest BCUT2D eigenvalue weighted by molar-refractivity contribution is 6.03. The highest BCUT2D eigenvalue weighted by Crippen LogP contribution is 2.16. The second-order valence-electron chi connectivity index (χ2n) is 4.28. The van der Waals surface area contributed by atoms with Gasteiger partial charge < -0.3 is 15.4 Å². The summed E-state index contributed by atoms with van der Waals surface area (Å²) < 4.78 is 4.98. The lowest BCUT2D eigenvalue weighted by molar-refractivity contribution is -0.114. The zero-order valence-corrected chi connectivity index (χ0v) is 11.7. The molecule has 6 nitrogen and oxygen atoms in total. The molecule has 1 heterocycles. The zero-order chi connectivity index (χ0) is 15.2. The number of carbonyl (C=O) groups excluding carboxylic acids is 2. The first-order valence-corrected chi connectivity index (χ1v) is 6.28. The van der Waals surface area contributed by atoms with E-state index in [1.54, 1.807) is 42.5 Å². The van der Waals surface area contributed by atoms with Gasteiger partial charge in [-0.15, -0.1) is 0 Å². The van der Waals surface area contributed by atoms with Crippen molar-refractivity contribution in [1.29, 1.82) is 0 Å². The van der Waals surface area contributed by atoms with Crippen molar-refractivity contribution >= 4 is 23.2 Å². The third-order valence-corrected chi connectivity index (χ3v) is 2.61. The van der Waals surface area contributed by atoms with Gasteiger partial charge in [-0.05, 0) is 24.3 Å². The molecule has 1 aromatic heterocycles. The van der Waals surface area contributed by atoms with Gasteiger partial charge in [0.2, 0.25) is 11.8 Å². The second kappa shape index (κ2) is 6.51. The molecule has 0 aliphatic heterocycles. The normalized spacial score (nSPS) is 9.81. The molecule has 1 aromatic carbocycles. The Bertz CT molecular complexity index is 671. The first-order valence-electron chi connectivity index (χ1n) is 6.28. The van der Waals surface area contributed by atoms with Crippen LogP contribution in [0.1, 0.15) is 17.4 Å². The van der Waals surface area contributed by atoms with Gasteiger partial charge in [0, 0.05) is 24.4 Å². The lowest BCUT2D eigenvalue weighted by atomic mass is 10.2. The topological polar surface area (TPSA) is 80.3 Å². The lowest BCUT2D eigenvalue weighted by Crippen LogP contribution is -2.14. The van der Waals surface area contributed by atoms with Crippen LogP contribution in [-0.4, -0.2) is 23.9 Å². The van der Waals surface area contributed by atoms with Gasteiger partial charge in [0.1, 0.15) is 5.69 Å². The summed E-state index contributed by atoms with van der Waals surface area (Å²) in [6.45, 7) is 1.42.